The van der Waals surface area contributed by atoms with Gasteiger partial charge in [-0.1, -0.05) is 28.1 Å². The molecular formula is C11H14BrN. The molecule has 0 aliphatic heterocycles. The Morgan fingerprint density at radius 3 is 2.62 bits per heavy atom. The van der Waals surface area contributed by atoms with Crippen molar-refractivity contribution in [3.63, 3.8) is 0 Å². The van der Waals surface area contributed by atoms with Crippen LogP contribution in [0.1, 0.15) is 12.0 Å². The lowest BCUT2D eigenvalue weighted by atomic mass is 10.1. The lowest BCUT2D eigenvalue weighted by molar-refractivity contribution is 0.702. The molecule has 2 heteroatoms. The van der Waals surface area contributed by atoms with Crippen LogP contribution in [0.3, 0.4) is 0 Å². The number of hydrogen-bond donors (Lipinski definition) is 1. The van der Waals surface area contributed by atoms with Crippen LogP contribution < -0.4 is 5.32 Å². The molecule has 1 aromatic carbocycles. The van der Waals surface area contributed by atoms with Crippen LogP contribution in [0.4, 0.5) is 0 Å². The van der Waals surface area contributed by atoms with Crippen molar-refractivity contribution in [3.05, 3.63) is 34.3 Å². The fourth-order valence-electron chi connectivity index (χ4n) is 1.75. The third-order valence-corrected chi connectivity index (χ3v) is 3.23. The molecule has 0 heterocycles. The van der Waals surface area contributed by atoms with E-state index in [1.807, 2.05) is 7.05 Å². The molecule has 0 bridgehead atoms. The minimum atomic E-state index is 0.767. The van der Waals surface area contributed by atoms with Crippen LogP contribution in [0.5, 0.6) is 0 Å². The van der Waals surface area contributed by atoms with Gasteiger partial charge in [-0.15, -0.1) is 0 Å². The Morgan fingerprint density at radius 1 is 1.38 bits per heavy atom. The Bertz CT molecular complexity index is 281. The van der Waals surface area contributed by atoms with E-state index in [4.69, 9.17) is 0 Å². The number of rotatable bonds is 3. The van der Waals surface area contributed by atoms with Gasteiger partial charge in [-0.05, 0) is 43.5 Å². The lowest BCUT2D eigenvalue weighted by Crippen LogP contribution is -2.11. The number of nitrogens with one attached hydrogen (secondary N) is 1. The molecule has 0 radical (unpaired) electrons. The maximum Gasteiger partial charge on any atom is 0.0175 e. The molecule has 0 saturated heterocycles. The summed E-state index contributed by atoms with van der Waals surface area (Å²) < 4.78 is 1.16. The zero-order chi connectivity index (χ0) is 9.26. The molecule has 1 nitrogen and oxygen atoms in total. The van der Waals surface area contributed by atoms with Crippen molar-refractivity contribution in [2.24, 2.45) is 5.92 Å². The Morgan fingerprint density at radius 2 is 2.08 bits per heavy atom. The maximum atomic E-state index is 3.44. The van der Waals surface area contributed by atoms with Gasteiger partial charge in [0, 0.05) is 10.5 Å². The zero-order valence-electron chi connectivity index (χ0n) is 7.76. The maximum absolute atomic E-state index is 3.44. The van der Waals surface area contributed by atoms with E-state index in [1.165, 1.54) is 18.4 Å². The molecule has 1 N–H and O–H groups in total. The smallest absolute Gasteiger partial charge is 0.0175 e. The van der Waals surface area contributed by atoms with Gasteiger partial charge in [-0.2, -0.15) is 0 Å². The van der Waals surface area contributed by atoms with E-state index >= 15 is 0 Å². The summed E-state index contributed by atoms with van der Waals surface area (Å²) in [7, 11) is 2.05. The van der Waals surface area contributed by atoms with Crippen LogP contribution in [0.15, 0.2) is 28.7 Å². The number of hydrogen-bond acceptors (Lipinski definition) is 1. The molecule has 2 unspecified atom stereocenters. The van der Waals surface area contributed by atoms with Gasteiger partial charge in [0.2, 0.25) is 0 Å². The van der Waals surface area contributed by atoms with Gasteiger partial charge in [0.05, 0.1) is 0 Å². The van der Waals surface area contributed by atoms with Crippen molar-refractivity contribution in [3.8, 4) is 0 Å². The predicted octanol–water partition coefficient (Wildman–Crippen LogP) is 2.60. The summed E-state index contributed by atoms with van der Waals surface area (Å²) in [5.41, 5.74) is 1.45. The highest BCUT2D eigenvalue weighted by molar-refractivity contribution is 9.10. The molecule has 1 fully saturated rings. The predicted molar refractivity (Wildman–Crippen MR) is 58.8 cm³/mol. The summed E-state index contributed by atoms with van der Waals surface area (Å²) in [6, 6.07) is 9.41. The molecule has 2 atom stereocenters. The molecular weight excluding hydrogens is 226 g/mol. The van der Waals surface area contributed by atoms with E-state index in [1.54, 1.807) is 0 Å². The van der Waals surface area contributed by atoms with Gasteiger partial charge in [-0.3, -0.25) is 0 Å². The van der Waals surface area contributed by atoms with Crippen molar-refractivity contribution < 1.29 is 0 Å². The quantitative estimate of drug-likeness (QED) is 0.856. The van der Waals surface area contributed by atoms with Crippen molar-refractivity contribution in [1.82, 2.24) is 5.32 Å². The van der Waals surface area contributed by atoms with E-state index < -0.39 is 0 Å². The van der Waals surface area contributed by atoms with Crippen LogP contribution in [0, 0.1) is 5.92 Å². The van der Waals surface area contributed by atoms with Crippen LogP contribution in [0.25, 0.3) is 0 Å². The molecule has 0 aromatic heterocycles. The number of halogens is 1. The van der Waals surface area contributed by atoms with E-state index in [2.05, 4.69) is 45.5 Å². The zero-order valence-corrected chi connectivity index (χ0v) is 9.34. The van der Waals surface area contributed by atoms with Crippen molar-refractivity contribution >= 4 is 15.9 Å². The highest BCUT2D eigenvalue weighted by atomic mass is 79.9. The van der Waals surface area contributed by atoms with Crippen LogP contribution in [-0.4, -0.2) is 13.1 Å². The van der Waals surface area contributed by atoms with Crippen LogP contribution in [0.2, 0.25) is 0 Å². The molecule has 1 saturated carbocycles. The van der Waals surface area contributed by atoms with Crippen molar-refractivity contribution in [1.29, 1.82) is 0 Å². The second kappa shape index (κ2) is 3.81. The van der Waals surface area contributed by atoms with Gasteiger partial charge in [-0.25, -0.2) is 0 Å². The summed E-state index contributed by atoms with van der Waals surface area (Å²) >= 11 is 3.44. The highest BCUT2D eigenvalue weighted by Crippen LogP contribution is 2.33. The molecule has 0 amide bonds. The van der Waals surface area contributed by atoms with Crippen LogP contribution >= 0.6 is 15.9 Å². The summed E-state index contributed by atoms with van der Waals surface area (Å²) in [6.07, 6.45) is 2.56. The lowest BCUT2D eigenvalue weighted by Gasteiger charge is -2.00. The first-order valence-corrected chi connectivity index (χ1v) is 5.50. The Balaban J connectivity index is 1.92. The van der Waals surface area contributed by atoms with Crippen molar-refractivity contribution in [2.45, 2.75) is 18.9 Å². The molecule has 13 heavy (non-hydrogen) atoms. The first-order valence-electron chi connectivity index (χ1n) is 4.71. The van der Waals surface area contributed by atoms with E-state index in [9.17, 15) is 0 Å². The van der Waals surface area contributed by atoms with E-state index in [0.29, 0.717) is 0 Å². The SMILES string of the molecule is CNC1CC1Cc1ccc(Br)cc1. The topological polar surface area (TPSA) is 12.0 Å². The summed E-state index contributed by atoms with van der Waals surface area (Å²) in [5, 5.41) is 3.31. The molecule has 0 spiro atoms. The summed E-state index contributed by atoms with van der Waals surface area (Å²) in [4.78, 5) is 0. The van der Waals surface area contributed by atoms with Gasteiger partial charge in [0.1, 0.15) is 0 Å². The second-order valence-electron chi connectivity index (χ2n) is 3.72. The molecule has 1 aliphatic rings. The minimum absolute atomic E-state index is 0.767. The van der Waals surface area contributed by atoms with Gasteiger partial charge < -0.3 is 5.32 Å². The Kier molecular flexibility index (Phi) is 2.70. The molecule has 70 valence electrons. The highest BCUT2D eigenvalue weighted by Gasteiger charge is 2.35. The largest absolute Gasteiger partial charge is 0.317 e. The third kappa shape index (κ3) is 2.32. The summed E-state index contributed by atoms with van der Waals surface area (Å²) in [6.45, 7) is 0. The first kappa shape index (κ1) is 9.22. The summed E-state index contributed by atoms with van der Waals surface area (Å²) in [5.74, 6) is 0.867. The van der Waals surface area contributed by atoms with Gasteiger partial charge in [0.25, 0.3) is 0 Å². The third-order valence-electron chi connectivity index (χ3n) is 2.70. The number of benzene rings is 1. The monoisotopic (exact) mass is 239 g/mol. The van der Waals surface area contributed by atoms with Gasteiger partial charge >= 0.3 is 0 Å². The second-order valence-corrected chi connectivity index (χ2v) is 4.64. The van der Waals surface area contributed by atoms with Crippen molar-refractivity contribution in [2.75, 3.05) is 7.05 Å². The average molecular weight is 240 g/mol. The minimum Gasteiger partial charge on any atom is -0.317 e. The fourth-order valence-corrected chi connectivity index (χ4v) is 2.01. The van der Waals surface area contributed by atoms with Crippen LogP contribution in [-0.2, 0) is 6.42 Å². The van der Waals surface area contributed by atoms with E-state index in [0.717, 1.165) is 16.4 Å². The Labute approximate surface area is 87.7 Å². The molecule has 2 rings (SSSR count). The van der Waals surface area contributed by atoms with Gasteiger partial charge in [0.15, 0.2) is 0 Å². The molecule has 1 aromatic rings. The normalized spacial score (nSPS) is 26.0. The fraction of sp³-hybridized carbons (Fsp3) is 0.455. The Hall–Kier alpha value is -0.340. The van der Waals surface area contributed by atoms with E-state index in [-0.39, 0.29) is 0 Å². The first-order chi connectivity index (χ1) is 6.29. The standard InChI is InChI=1S/C11H14BrN/c1-13-11-7-9(11)6-8-2-4-10(12)5-3-8/h2-5,9,11,13H,6-7H2,1H3. The molecule has 1 aliphatic carbocycles. The average Bonchev–Trinajstić information content (AvgIpc) is 2.88.